The van der Waals surface area contributed by atoms with E-state index in [9.17, 15) is 0 Å². The van der Waals surface area contributed by atoms with E-state index in [0.29, 0.717) is 45.5 Å². The molecular formula is C33H19BrClN3O2. The summed E-state index contributed by atoms with van der Waals surface area (Å²) >= 11 is 9.75. The SMILES string of the molecule is Clc1ccc(-c2nc(-c3ccccc3)nc(-c3ccc(-c4cccc5c4Oc4ccccc4O5)cc3)n2)cc1Br. The van der Waals surface area contributed by atoms with E-state index in [-0.39, 0.29) is 0 Å². The molecule has 192 valence electrons. The minimum atomic E-state index is 0.562. The van der Waals surface area contributed by atoms with Gasteiger partial charge in [-0.25, -0.2) is 15.0 Å². The Balaban J connectivity index is 1.29. The van der Waals surface area contributed by atoms with Crippen LogP contribution in [0.5, 0.6) is 23.0 Å². The Morgan fingerprint density at radius 2 is 1.05 bits per heavy atom. The summed E-state index contributed by atoms with van der Waals surface area (Å²) in [4.78, 5) is 14.5. The fourth-order valence-electron chi connectivity index (χ4n) is 4.56. The first-order chi connectivity index (χ1) is 19.6. The molecule has 1 aliphatic rings. The van der Waals surface area contributed by atoms with Crippen molar-refractivity contribution in [3.8, 4) is 68.3 Å². The molecule has 0 bridgehead atoms. The predicted octanol–water partition coefficient (Wildman–Crippen LogP) is 9.85. The predicted molar refractivity (Wildman–Crippen MR) is 161 cm³/mol. The van der Waals surface area contributed by atoms with Gasteiger partial charge in [0.2, 0.25) is 0 Å². The van der Waals surface area contributed by atoms with Crippen molar-refractivity contribution in [3.05, 3.63) is 125 Å². The number of benzene rings is 5. The quantitative estimate of drug-likeness (QED) is 0.200. The Morgan fingerprint density at radius 1 is 0.500 bits per heavy atom. The van der Waals surface area contributed by atoms with Crippen molar-refractivity contribution in [3.63, 3.8) is 0 Å². The zero-order chi connectivity index (χ0) is 27.1. The van der Waals surface area contributed by atoms with Gasteiger partial charge in [-0.15, -0.1) is 0 Å². The third-order valence-electron chi connectivity index (χ3n) is 6.56. The van der Waals surface area contributed by atoms with Gasteiger partial charge in [0.05, 0.1) is 5.02 Å². The molecular weight excluding hydrogens is 586 g/mol. The van der Waals surface area contributed by atoms with Crippen molar-refractivity contribution in [1.29, 1.82) is 0 Å². The van der Waals surface area contributed by atoms with Crippen LogP contribution in [0.15, 0.2) is 120 Å². The second-order valence-corrected chi connectivity index (χ2v) is 10.4. The summed E-state index contributed by atoms with van der Waals surface area (Å²) in [7, 11) is 0. The van der Waals surface area contributed by atoms with Crippen LogP contribution in [0.1, 0.15) is 0 Å². The Morgan fingerprint density at radius 3 is 1.75 bits per heavy atom. The average Bonchev–Trinajstić information content (AvgIpc) is 3.01. The highest BCUT2D eigenvalue weighted by molar-refractivity contribution is 9.10. The molecule has 2 heterocycles. The van der Waals surface area contributed by atoms with Crippen LogP contribution >= 0.6 is 27.5 Å². The maximum atomic E-state index is 6.25. The van der Waals surface area contributed by atoms with Crippen molar-refractivity contribution < 1.29 is 9.47 Å². The van der Waals surface area contributed by atoms with Gasteiger partial charge in [0.15, 0.2) is 40.5 Å². The van der Waals surface area contributed by atoms with Crippen LogP contribution in [-0.2, 0) is 0 Å². The van der Waals surface area contributed by atoms with Gasteiger partial charge >= 0.3 is 0 Å². The summed E-state index contributed by atoms with van der Waals surface area (Å²) in [6.07, 6.45) is 0. The lowest BCUT2D eigenvalue weighted by Crippen LogP contribution is -2.01. The topological polar surface area (TPSA) is 57.1 Å². The molecule has 0 atom stereocenters. The second kappa shape index (κ2) is 10.2. The number of aromatic nitrogens is 3. The van der Waals surface area contributed by atoms with E-state index < -0.39 is 0 Å². The Labute approximate surface area is 244 Å². The van der Waals surface area contributed by atoms with Crippen molar-refractivity contribution in [2.75, 3.05) is 0 Å². The number of rotatable bonds is 4. The first kappa shape index (κ1) is 24.5. The highest BCUT2D eigenvalue weighted by Crippen LogP contribution is 2.49. The molecule has 7 rings (SSSR count). The second-order valence-electron chi connectivity index (χ2n) is 9.16. The van der Waals surface area contributed by atoms with Crippen molar-refractivity contribution in [1.82, 2.24) is 15.0 Å². The maximum Gasteiger partial charge on any atom is 0.177 e. The number of hydrogen-bond acceptors (Lipinski definition) is 5. The van der Waals surface area contributed by atoms with Crippen LogP contribution in [0.3, 0.4) is 0 Å². The molecule has 0 unspecified atom stereocenters. The van der Waals surface area contributed by atoms with Gasteiger partial charge < -0.3 is 9.47 Å². The molecule has 40 heavy (non-hydrogen) atoms. The number of halogens is 2. The molecule has 0 saturated heterocycles. The summed E-state index contributed by atoms with van der Waals surface area (Å²) in [6.45, 7) is 0. The van der Waals surface area contributed by atoms with Crippen LogP contribution in [0, 0.1) is 0 Å². The lowest BCUT2D eigenvalue weighted by Gasteiger charge is -2.22. The summed E-state index contributed by atoms with van der Waals surface area (Å²) in [6, 6.07) is 37.2. The lowest BCUT2D eigenvalue weighted by atomic mass is 10.0. The standard InChI is InChI=1S/C33H19BrClN3O2/c34-25-19-23(17-18-26(25)35)33-37-31(21-7-2-1-3-8-21)36-32(38-33)22-15-13-20(14-16-22)24-9-6-12-29-30(24)40-28-11-5-4-10-27(28)39-29/h1-19H. The van der Waals surface area contributed by atoms with Crippen LogP contribution in [-0.4, -0.2) is 15.0 Å². The van der Waals surface area contributed by atoms with Crippen molar-refractivity contribution in [2.24, 2.45) is 0 Å². The van der Waals surface area contributed by atoms with E-state index in [0.717, 1.165) is 32.3 Å². The fourth-order valence-corrected chi connectivity index (χ4v) is 5.06. The van der Waals surface area contributed by atoms with E-state index >= 15 is 0 Å². The number of nitrogens with zero attached hydrogens (tertiary/aromatic N) is 3. The van der Waals surface area contributed by atoms with E-state index in [4.69, 9.17) is 36.0 Å². The molecule has 7 heteroatoms. The third kappa shape index (κ3) is 4.62. The molecule has 6 aromatic rings. The summed E-state index contributed by atoms with van der Waals surface area (Å²) < 4.78 is 13.1. The Bertz CT molecular complexity index is 1880. The van der Waals surface area contributed by atoms with Crippen LogP contribution in [0.2, 0.25) is 5.02 Å². The first-order valence-corrected chi connectivity index (χ1v) is 13.7. The maximum absolute atomic E-state index is 6.25. The Hall–Kier alpha value is -4.52. The van der Waals surface area contributed by atoms with Crippen LogP contribution in [0.4, 0.5) is 0 Å². The first-order valence-electron chi connectivity index (χ1n) is 12.6. The average molecular weight is 605 g/mol. The van der Waals surface area contributed by atoms with Crippen molar-refractivity contribution >= 4 is 27.5 Å². The molecule has 0 aliphatic carbocycles. The van der Waals surface area contributed by atoms with Gasteiger partial charge in [-0.1, -0.05) is 90.5 Å². The fraction of sp³-hybridized carbons (Fsp3) is 0. The molecule has 5 nitrogen and oxygen atoms in total. The van der Waals surface area contributed by atoms with Gasteiger partial charge in [-0.2, -0.15) is 0 Å². The van der Waals surface area contributed by atoms with Crippen LogP contribution < -0.4 is 9.47 Å². The van der Waals surface area contributed by atoms with E-state index in [1.165, 1.54) is 0 Å². The van der Waals surface area contributed by atoms with E-state index in [2.05, 4.69) is 15.9 Å². The van der Waals surface area contributed by atoms with Crippen LogP contribution in [0.25, 0.3) is 45.3 Å². The smallest absolute Gasteiger partial charge is 0.177 e. The zero-order valence-corrected chi connectivity index (χ0v) is 23.2. The minimum Gasteiger partial charge on any atom is -0.449 e. The normalized spacial score (nSPS) is 11.7. The number of hydrogen-bond donors (Lipinski definition) is 0. The summed E-state index contributed by atoms with van der Waals surface area (Å²) in [5.74, 6) is 4.50. The number of ether oxygens (including phenoxy) is 2. The minimum absolute atomic E-state index is 0.562. The van der Waals surface area contributed by atoms with Gasteiger partial charge in [-0.3, -0.25) is 0 Å². The van der Waals surface area contributed by atoms with Gasteiger partial charge in [-0.05, 0) is 57.9 Å². The number of para-hydroxylation sites is 3. The molecule has 0 fully saturated rings. The Kier molecular flexibility index (Phi) is 6.27. The largest absolute Gasteiger partial charge is 0.449 e. The highest BCUT2D eigenvalue weighted by atomic mass is 79.9. The molecule has 0 saturated carbocycles. The van der Waals surface area contributed by atoms with E-state index in [1.54, 1.807) is 0 Å². The molecule has 0 radical (unpaired) electrons. The number of fused-ring (bicyclic) bond motifs is 2. The molecule has 5 aromatic carbocycles. The van der Waals surface area contributed by atoms with Gasteiger partial charge in [0.1, 0.15) is 0 Å². The highest BCUT2D eigenvalue weighted by Gasteiger charge is 2.22. The molecule has 1 aliphatic heterocycles. The zero-order valence-electron chi connectivity index (χ0n) is 20.9. The summed E-state index contributed by atoms with van der Waals surface area (Å²) in [5, 5.41) is 0.623. The summed E-state index contributed by atoms with van der Waals surface area (Å²) in [5.41, 5.74) is 4.53. The third-order valence-corrected chi connectivity index (χ3v) is 7.77. The molecule has 0 spiro atoms. The monoisotopic (exact) mass is 603 g/mol. The van der Waals surface area contributed by atoms with Crippen molar-refractivity contribution in [2.45, 2.75) is 0 Å². The van der Waals surface area contributed by atoms with Gasteiger partial charge in [0, 0.05) is 26.7 Å². The van der Waals surface area contributed by atoms with E-state index in [1.807, 2.05) is 115 Å². The van der Waals surface area contributed by atoms with Gasteiger partial charge in [0.25, 0.3) is 0 Å². The molecule has 1 aromatic heterocycles. The lowest BCUT2D eigenvalue weighted by molar-refractivity contribution is 0.361. The molecule has 0 amide bonds. The molecule has 0 N–H and O–H groups in total.